The molecule has 20 heavy (non-hydrogen) atoms. The van der Waals surface area contributed by atoms with Crippen LogP contribution in [0.25, 0.3) is 0 Å². The maximum Gasteiger partial charge on any atom is 0.302 e. The van der Waals surface area contributed by atoms with E-state index in [0.29, 0.717) is 6.61 Å². The maximum absolute atomic E-state index is 10.5. The second kappa shape index (κ2) is 15.7. The highest BCUT2D eigenvalue weighted by atomic mass is 16.5. The zero-order valence-electron chi connectivity index (χ0n) is 13.1. The van der Waals surface area contributed by atoms with E-state index in [1.807, 2.05) is 25.2 Å². The minimum absolute atomic E-state index is 0.168. The molecule has 0 fully saturated rings. The first kappa shape index (κ1) is 18.7. The van der Waals surface area contributed by atoms with E-state index in [9.17, 15) is 4.79 Å². The lowest BCUT2D eigenvalue weighted by Crippen LogP contribution is -1.99. The highest BCUT2D eigenvalue weighted by Crippen LogP contribution is 2.09. The van der Waals surface area contributed by atoms with Crippen molar-refractivity contribution in [3.05, 3.63) is 36.5 Å². The van der Waals surface area contributed by atoms with E-state index in [-0.39, 0.29) is 5.97 Å². The molecule has 2 nitrogen and oxygen atoms in total. The van der Waals surface area contributed by atoms with Crippen LogP contribution in [0.15, 0.2) is 36.5 Å². The fourth-order valence-electron chi connectivity index (χ4n) is 1.88. The predicted molar refractivity (Wildman–Crippen MR) is 86.7 cm³/mol. The van der Waals surface area contributed by atoms with Gasteiger partial charge >= 0.3 is 5.97 Å². The molecule has 0 unspecified atom stereocenters. The van der Waals surface area contributed by atoms with Crippen molar-refractivity contribution in [3.8, 4) is 0 Å². The second-order valence-corrected chi connectivity index (χ2v) is 4.94. The Labute approximate surface area is 124 Å². The molecule has 0 saturated heterocycles. The average Bonchev–Trinajstić information content (AvgIpc) is 2.43. The van der Waals surface area contributed by atoms with E-state index in [0.717, 1.165) is 6.42 Å². The summed E-state index contributed by atoms with van der Waals surface area (Å²) in [4.78, 5) is 10.5. The molecule has 0 N–H and O–H groups in total. The molecule has 0 bridgehead atoms. The van der Waals surface area contributed by atoms with Crippen molar-refractivity contribution in [2.24, 2.45) is 0 Å². The summed E-state index contributed by atoms with van der Waals surface area (Å²) in [6, 6.07) is 0. The summed E-state index contributed by atoms with van der Waals surface area (Å²) >= 11 is 0. The molecule has 0 aliphatic heterocycles. The number of hydrogen-bond donors (Lipinski definition) is 0. The molecule has 0 heterocycles. The molecule has 0 atom stereocenters. The van der Waals surface area contributed by atoms with Crippen LogP contribution in [0.4, 0.5) is 0 Å². The summed E-state index contributed by atoms with van der Waals surface area (Å²) in [5, 5.41) is 0. The standard InChI is InChI=1S/C18H30O2/c1-3-4-5-6-7-8-9-10-11-12-13-14-15-16-17-20-18(2)19/h3-8H,9-17H2,1-2H3/b4-3+,6-5-,8-7-. The molecule has 0 rings (SSSR count). The number of carbonyl (C=O) groups is 1. The number of ether oxygens (including phenoxy) is 1. The molecule has 2 heteroatoms. The van der Waals surface area contributed by atoms with Crippen molar-refractivity contribution < 1.29 is 9.53 Å². The Kier molecular flexibility index (Phi) is 14.7. The number of allylic oxidation sites excluding steroid dienone is 6. The van der Waals surface area contributed by atoms with Crippen LogP contribution in [-0.2, 0) is 9.53 Å². The van der Waals surface area contributed by atoms with E-state index in [2.05, 4.69) is 18.2 Å². The molecule has 0 spiro atoms. The summed E-state index contributed by atoms with van der Waals surface area (Å²) in [7, 11) is 0. The van der Waals surface area contributed by atoms with E-state index in [1.54, 1.807) is 0 Å². The normalized spacial score (nSPS) is 11.9. The van der Waals surface area contributed by atoms with E-state index in [4.69, 9.17) is 4.74 Å². The van der Waals surface area contributed by atoms with Gasteiger partial charge in [0.05, 0.1) is 6.61 Å². The Morgan fingerprint density at radius 2 is 1.45 bits per heavy atom. The van der Waals surface area contributed by atoms with Crippen molar-refractivity contribution in [2.75, 3.05) is 6.61 Å². The summed E-state index contributed by atoms with van der Waals surface area (Å²) in [5.74, 6) is -0.168. The third kappa shape index (κ3) is 16.7. The molecular formula is C18H30O2. The lowest BCUT2D eigenvalue weighted by molar-refractivity contribution is -0.141. The van der Waals surface area contributed by atoms with Crippen molar-refractivity contribution >= 4 is 5.97 Å². The summed E-state index contributed by atoms with van der Waals surface area (Å²) < 4.78 is 4.89. The van der Waals surface area contributed by atoms with E-state index >= 15 is 0 Å². The van der Waals surface area contributed by atoms with Crippen LogP contribution in [0.1, 0.15) is 65.2 Å². The lowest BCUT2D eigenvalue weighted by atomic mass is 10.1. The Hall–Kier alpha value is -1.31. The van der Waals surface area contributed by atoms with Gasteiger partial charge in [-0.25, -0.2) is 0 Å². The largest absolute Gasteiger partial charge is 0.466 e. The van der Waals surface area contributed by atoms with Gasteiger partial charge in [0.1, 0.15) is 0 Å². The Morgan fingerprint density at radius 1 is 0.850 bits per heavy atom. The SMILES string of the molecule is C/C=C/C=C\C=C/CCCCCCCCCOC(C)=O. The van der Waals surface area contributed by atoms with E-state index < -0.39 is 0 Å². The molecule has 0 radical (unpaired) electrons. The topological polar surface area (TPSA) is 26.3 Å². The summed E-state index contributed by atoms with van der Waals surface area (Å²) in [6.07, 6.45) is 22.3. The minimum Gasteiger partial charge on any atom is -0.466 e. The average molecular weight is 278 g/mol. The van der Waals surface area contributed by atoms with Crippen LogP contribution in [0.5, 0.6) is 0 Å². The Balaban J connectivity index is 3.15. The van der Waals surface area contributed by atoms with Crippen LogP contribution in [0.3, 0.4) is 0 Å². The van der Waals surface area contributed by atoms with Gasteiger partial charge in [-0.2, -0.15) is 0 Å². The monoisotopic (exact) mass is 278 g/mol. The first-order chi connectivity index (χ1) is 9.77. The minimum atomic E-state index is -0.168. The van der Waals surface area contributed by atoms with Crippen molar-refractivity contribution in [1.82, 2.24) is 0 Å². The molecule has 0 amide bonds. The zero-order chi connectivity index (χ0) is 14.9. The third-order valence-corrected chi connectivity index (χ3v) is 2.98. The zero-order valence-corrected chi connectivity index (χ0v) is 13.1. The van der Waals surface area contributed by atoms with Gasteiger partial charge in [-0.15, -0.1) is 0 Å². The van der Waals surface area contributed by atoms with Crippen molar-refractivity contribution in [1.29, 1.82) is 0 Å². The highest BCUT2D eigenvalue weighted by Gasteiger charge is 1.94. The number of hydrogen-bond acceptors (Lipinski definition) is 2. The number of unbranched alkanes of at least 4 members (excludes halogenated alkanes) is 7. The molecule has 0 aromatic heterocycles. The lowest BCUT2D eigenvalue weighted by Gasteiger charge is -2.02. The van der Waals surface area contributed by atoms with Gasteiger partial charge in [-0.1, -0.05) is 68.6 Å². The van der Waals surface area contributed by atoms with Gasteiger partial charge in [0.25, 0.3) is 0 Å². The molecule has 0 aliphatic rings. The second-order valence-electron chi connectivity index (χ2n) is 4.94. The maximum atomic E-state index is 10.5. The summed E-state index contributed by atoms with van der Waals surface area (Å²) in [5.41, 5.74) is 0. The third-order valence-electron chi connectivity index (χ3n) is 2.98. The number of carbonyl (C=O) groups excluding carboxylic acids is 1. The van der Waals surface area contributed by atoms with Gasteiger partial charge in [0.15, 0.2) is 0 Å². The first-order valence-corrected chi connectivity index (χ1v) is 7.85. The van der Waals surface area contributed by atoms with Crippen LogP contribution in [0, 0.1) is 0 Å². The Morgan fingerprint density at radius 3 is 2.10 bits per heavy atom. The van der Waals surface area contributed by atoms with Gasteiger partial charge in [-0.3, -0.25) is 4.79 Å². The molecule has 0 saturated carbocycles. The van der Waals surface area contributed by atoms with Gasteiger partial charge in [0, 0.05) is 6.92 Å². The van der Waals surface area contributed by atoms with Crippen LogP contribution in [-0.4, -0.2) is 12.6 Å². The van der Waals surface area contributed by atoms with Gasteiger partial charge in [-0.05, 0) is 26.2 Å². The van der Waals surface area contributed by atoms with Crippen LogP contribution in [0.2, 0.25) is 0 Å². The molecular weight excluding hydrogens is 248 g/mol. The number of esters is 1. The van der Waals surface area contributed by atoms with Gasteiger partial charge in [0.2, 0.25) is 0 Å². The first-order valence-electron chi connectivity index (χ1n) is 7.85. The highest BCUT2D eigenvalue weighted by molar-refractivity contribution is 5.65. The molecule has 0 aliphatic carbocycles. The molecule has 0 aromatic rings. The van der Waals surface area contributed by atoms with Crippen molar-refractivity contribution in [3.63, 3.8) is 0 Å². The summed E-state index contributed by atoms with van der Waals surface area (Å²) in [6.45, 7) is 4.07. The Bertz CT molecular complexity index is 301. The number of rotatable bonds is 12. The predicted octanol–water partition coefficient (Wildman–Crippen LogP) is 5.36. The van der Waals surface area contributed by atoms with Crippen LogP contribution < -0.4 is 0 Å². The quantitative estimate of drug-likeness (QED) is 0.273. The van der Waals surface area contributed by atoms with Gasteiger partial charge < -0.3 is 4.74 Å². The molecule has 0 aromatic carbocycles. The fourth-order valence-corrected chi connectivity index (χ4v) is 1.88. The fraction of sp³-hybridized carbons (Fsp3) is 0.611. The molecule has 114 valence electrons. The van der Waals surface area contributed by atoms with E-state index in [1.165, 1.54) is 51.9 Å². The van der Waals surface area contributed by atoms with Crippen LogP contribution >= 0.6 is 0 Å². The van der Waals surface area contributed by atoms with Crippen molar-refractivity contribution in [2.45, 2.75) is 65.2 Å². The smallest absolute Gasteiger partial charge is 0.302 e.